The van der Waals surface area contributed by atoms with Crippen molar-refractivity contribution in [1.82, 2.24) is 4.98 Å². The van der Waals surface area contributed by atoms with E-state index in [1.54, 1.807) is 0 Å². The van der Waals surface area contributed by atoms with E-state index in [1.165, 1.54) is 11.3 Å². The van der Waals surface area contributed by atoms with Crippen LogP contribution in [0.4, 0.5) is 10.8 Å². The minimum atomic E-state index is -0.674. The SMILES string of the molecule is CCCCCC(=O)Nc1nc2c(s1)C[C@@H]1[C@](C)(CO)[C@H](O)CC[C@@]1(C)[C@@H]2CC(=O)Nc1ccccc1. The number of benzene rings is 1. The number of amides is 2. The first-order valence-electron chi connectivity index (χ1n) is 13.1. The lowest BCUT2D eigenvalue weighted by molar-refractivity contribution is -0.143. The second-order valence-electron chi connectivity index (χ2n) is 11.0. The van der Waals surface area contributed by atoms with Gasteiger partial charge in [-0.05, 0) is 49.1 Å². The third kappa shape index (κ3) is 5.22. The summed E-state index contributed by atoms with van der Waals surface area (Å²) in [6.07, 6.45) is 5.02. The first-order valence-corrected chi connectivity index (χ1v) is 14.0. The van der Waals surface area contributed by atoms with Crippen molar-refractivity contribution in [2.24, 2.45) is 16.7 Å². The van der Waals surface area contributed by atoms with Gasteiger partial charge in [0.2, 0.25) is 11.8 Å². The van der Waals surface area contributed by atoms with Crippen molar-refractivity contribution in [2.45, 2.75) is 84.2 Å². The van der Waals surface area contributed by atoms with E-state index in [0.717, 1.165) is 41.9 Å². The number of carbonyl (C=O) groups excluding carboxylic acids is 2. The van der Waals surface area contributed by atoms with Gasteiger partial charge in [-0.25, -0.2) is 4.98 Å². The van der Waals surface area contributed by atoms with Crippen LogP contribution in [0.1, 0.15) is 82.2 Å². The highest BCUT2D eigenvalue weighted by Gasteiger charge is 2.59. The van der Waals surface area contributed by atoms with Crippen LogP contribution in [-0.2, 0) is 16.0 Å². The molecule has 196 valence electrons. The Morgan fingerprint density at radius 3 is 2.58 bits per heavy atom. The Balaban J connectivity index is 1.65. The molecule has 2 aliphatic rings. The number of thiazole rings is 1. The Morgan fingerprint density at radius 2 is 1.89 bits per heavy atom. The lowest BCUT2D eigenvalue weighted by Crippen LogP contribution is -2.57. The van der Waals surface area contributed by atoms with E-state index in [4.69, 9.17) is 4.98 Å². The molecule has 0 aliphatic heterocycles. The molecular weight excluding hydrogens is 474 g/mol. The number of para-hydroxylation sites is 1. The number of carbonyl (C=O) groups is 2. The summed E-state index contributed by atoms with van der Waals surface area (Å²) in [5, 5.41) is 27.9. The number of nitrogens with one attached hydrogen (secondary N) is 2. The fourth-order valence-corrected chi connectivity index (χ4v) is 7.42. The molecule has 0 spiro atoms. The summed E-state index contributed by atoms with van der Waals surface area (Å²) in [5.74, 6) is -0.328. The van der Waals surface area contributed by atoms with Crippen LogP contribution < -0.4 is 10.6 Å². The molecule has 1 heterocycles. The van der Waals surface area contributed by atoms with Crippen molar-refractivity contribution in [2.75, 3.05) is 17.2 Å². The monoisotopic (exact) mass is 513 g/mol. The summed E-state index contributed by atoms with van der Waals surface area (Å²) in [6.45, 7) is 6.14. The number of aromatic nitrogens is 1. The number of anilines is 2. The van der Waals surface area contributed by atoms with Crippen molar-refractivity contribution < 1.29 is 19.8 Å². The van der Waals surface area contributed by atoms with E-state index in [0.29, 0.717) is 24.4 Å². The van der Waals surface area contributed by atoms with E-state index in [-0.39, 0.29) is 42.1 Å². The van der Waals surface area contributed by atoms with Gasteiger partial charge >= 0.3 is 0 Å². The Bertz CT molecular complexity index is 1070. The van der Waals surface area contributed by atoms with Gasteiger partial charge in [-0.1, -0.05) is 51.8 Å². The molecule has 0 saturated heterocycles. The maximum absolute atomic E-state index is 13.2. The van der Waals surface area contributed by atoms with Crippen molar-refractivity contribution in [3.63, 3.8) is 0 Å². The molecule has 8 heteroatoms. The molecule has 2 aromatic rings. The molecule has 2 amide bonds. The van der Waals surface area contributed by atoms with Gasteiger partial charge in [0, 0.05) is 34.7 Å². The predicted octanol–water partition coefficient (Wildman–Crippen LogP) is 5.11. The Hall–Kier alpha value is -2.29. The summed E-state index contributed by atoms with van der Waals surface area (Å²) in [5.41, 5.74) is 0.626. The number of fused-ring (bicyclic) bond motifs is 2. The average molecular weight is 514 g/mol. The number of unbranched alkanes of at least 4 members (excludes halogenated alkanes) is 2. The molecule has 1 aromatic heterocycles. The predicted molar refractivity (Wildman–Crippen MR) is 143 cm³/mol. The van der Waals surface area contributed by atoms with Crippen LogP contribution in [0.15, 0.2) is 30.3 Å². The number of aliphatic hydroxyl groups is 2. The van der Waals surface area contributed by atoms with Crippen LogP contribution in [0.2, 0.25) is 0 Å². The largest absolute Gasteiger partial charge is 0.396 e. The first kappa shape index (κ1) is 26.8. The zero-order valence-corrected chi connectivity index (χ0v) is 22.4. The van der Waals surface area contributed by atoms with Gasteiger partial charge in [0.1, 0.15) is 0 Å². The molecule has 4 rings (SSSR count). The number of nitrogens with zero attached hydrogens (tertiary/aromatic N) is 1. The van der Waals surface area contributed by atoms with E-state index >= 15 is 0 Å². The van der Waals surface area contributed by atoms with Crippen LogP contribution >= 0.6 is 11.3 Å². The van der Waals surface area contributed by atoms with Crippen LogP contribution in [0, 0.1) is 16.7 Å². The summed E-state index contributed by atoms with van der Waals surface area (Å²) in [7, 11) is 0. The number of rotatable bonds is 9. The number of hydrogen-bond acceptors (Lipinski definition) is 6. The van der Waals surface area contributed by atoms with Crippen molar-refractivity contribution >= 4 is 34.0 Å². The van der Waals surface area contributed by atoms with Gasteiger partial charge in [0.15, 0.2) is 5.13 Å². The normalized spacial score (nSPS) is 29.2. The van der Waals surface area contributed by atoms with Crippen molar-refractivity contribution in [1.29, 1.82) is 0 Å². The summed E-state index contributed by atoms with van der Waals surface area (Å²) < 4.78 is 0. The third-order valence-corrected chi connectivity index (χ3v) is 9.60. The number of hydrogen-bond donors (Lipinski definition) is 4. The minimum absolute atomic E-state index is 0.0191. The Labute approximate surface area is 217 Å². The Morgan fingerprint density at radius 1 is 1.14 bits per heavy atom. The van der Waals surface area contributed by atoms with Gasteiger partial charge in [0.25, 0.3) is 0 Å². The second-order valence-corrected chi connectivity index (χ2v) is 12.1. The molecule has 0 radical (unpaired) electrons. The van der Waals surface area contributed by atoms with Crippen LogP contribution in [0.5, 0.6) is 0 Å². The van der Waals surface area contributed by atoms with Crippen LogP contribution in [-0.4, -0.2) is 39.7 Å². The third-order valence-electron chi connectivity index (χ3n) is 8.59. The maximum atomic E-state index is 13.2. The molecule has 4 N–H and O–H groups in total. The zero-order valence-electron chi connectivity index (χ0n) is 21.5. The van der Waals surface area contributed by atoms with Crippen LogP contribution in [0.3, 0.4) is 0 Å². The fraction of sp³-hybridized carbons (Fsp3) is 0.607. The van der Waals surface area contributed by atoms with Crippen LogP contribution in [0.25, 0.3) is 0 Å². The highest BCUT2D eigenvalue weighted by atomic mass is 32.1. The van der Waals surface area contributed by atoms with Gasteiger partial charge in [-0.2, -0.15) is 0 Å². The van der Waals surface area contributed by atoms with Gasteiger partial charge in [-0.3, -0.25) is 9.59 Å². The lowest BCUT2D eigenvalue weighted by atomic mass is 9.47. The average Bonchev–Trinajstić information content (AvgIpc) is 3.25. The quantitative estimate of drug-likeness (QED) is 0.348. The molecular formula is C28H39N3O4S. The number of aliphatic hydroxyl groups excluding tert-OH is 2. The van der Waals surface area contributed by atoms with Gasteiger partial charge < -0.3 is 20.8 Å². The molecule has 36 heavy (non-hydrogen) atoms. The minimum Gasteiger partial charge on any atom is -0.396 e. The van der Waals surface area contributed by atoms with Crippen molar-refractivity contribution in [3.8, 4) is 0 Å². The molecule has 1 saturated carbocycles. The van der Waals surface area contributed by atoms with E-state index in [2.05, 4.69) is 24.5 Å². The summed E-state index contributed by atoms with van der Waals surface area (Å²) in [4.78, 5) is 31.6. The van der Waals surface area contributed by atoms with E-state index in [9.17, 15) is 19.8 Å². The lowest BCUT2D eigenvalue weighted by Gasteiger charge is -2.58. The topological polar surface area (TPSA) is 112 Å². The standard InChI is InChI=1S/C28H39N3O4S/c1-4-5-7-12-23(34)30-26-31-25-19(15-24(35)29-18-10-8-6-9-11-18)27(2)14-13-22(33)28(3,17-32)21(27)16-20(25)36-26/h6,8-11,19,21-22,32-33H,4-5,7,12-17H2,1-3H3,(H,29,35)(H,30,31,34)/t19-,21+,22-,27+,28+/m1/s1. The molecule has 1 fully saturated rings. The smallest absolute Gasteiger partial charge is 0.226 e. The van der Waals surface area contributed by atoms with Crippen molar-refractivity contribution in [3.05, 3.63) is 40.9 Å². The second kappa shape index (κ2) is 11.0. The molecule has 5 atom stereocenters. The van der Waals surface area contributed by atoms with Gasteiger partial charge in [-0.15, -0.1) is 11.3 Å². The molecule has 0 unspecified atom stereocenters. The summed E-state index contributed by atoms with van der Waals surface area (Å²) >= 11 is 1.47. The molecule has 2 aliphatic carbocycles. The fourth-order valence-electron chi connectivity index (χ4n) is 6.34. The highest BCUT2D eigenvalue weighted by Crippen LogP contribution is 2.62. The highest BCUT2D eigenvalue weighted by molar-refractivity contribution is 7.15. The van der Waals surface area contributed by atoms with Gasteiger partial charge in [0.05, 0.1) is 18.4 Å². The molecule has 7 nitrogen and oxygen atoms in total. The van der Waals surface area contributed by atoms with E-state index < -0.39 is 11.5 Å². The Kier molecular flexibility index (Phi) is 8.17. The first-order chi connectivity index (χ1) is 17.2. The zero-order chi connectivity index (χ0) is 25.9. The molecule has 0 bridgehead atoms. The summed E-state index contributed by atoms with van der Waals surface area (Å²) in [6, 6.07) is 9.41. The molecule has 1 aromatic carbocycles. The van der Waals surface area contributed by atoms with E-state index in [1.807, 2.05) is 37.3 Å². The maximum Gasteiger partial charge on any atom is 0.226 e.